The summed E-state index contributed by atoms with van der Waals surface area (Å²) in [5.74, 6) is 0. The minimum atomic E-state index is -0.167. The van der Waals surface area contributed by atoms with E-state index in [4.69, 9.17) is 15.3 Å². The molecule has 0 heterocycles. The van der Waals surface area contributed by atoms with Gasteiger partial charge in [0.25, 0.3) is 0 Å². The van der Waals surface area contributed by atoms with E-state index in [0.29, 0.717) is 0 Å². The summed E-state index contributed by atoms with van der Waals surface area (Å²) in [5.41, 5.74) is 0. The Kier molecular flexibility index (Phi) is 32.7. The molecule has 0 aromatic heterocycles. The van der Waals surface area contributed by atoms with Crippen molar-refractivity contribution >= 4 is 0 Å². The van der Waals surface area contributed by atoms with Gasteiger partial charge < -0.3 is 15.3 Å². The predicted octanol–water partition coefficient (Wildman–Crippen LogP) is 1.16. The van der Waals surface area contributed by atoms with Crippen molar-refractivity contribution in [3.05, 3.63) is 0 Å². The van der Waals surface area contributed by atoms with Crippen LogP contribution in [-0.2, 0) is 16.5 Å². The van der Waals surface area contributed by atoms with Crippen LogP contribution in [0.15, 0.2) is 0 Å². The summed E-state index contributed by atoms with van der Waals surface area (Å²) in [5, 5.41) is 24.2. The molecule has 0 saturated carbocycles. The number of hydrogen-bond donors (Lipinski definition) is 3. The van der Waals surface area contributed by atoms with Crippen molar-refractivity contribution < 1.29 is 31.8 Å². The van der Waals surface area contributed by atoms with Gasteiger partial charge in [-0.25, -0.2) is 0 Å². The molecule has 0 amide bonds. The monoisotopic (exact) mass is 238 g/mol. The molecule has 0 rings (SSSR count). The van der Waals surface area contributed by atoms with Crippen molar-refractivity contribution in [3.63, 3.8) is 0 Å². The molecule has 0 radical (unpaired) electrons. The minimum Gasteiger partial charge on any atom is -0.394 e. The first-order valence-corrected chi connectivity index (χ1v) is 4.24. The molecule has 3 N–H and O–H groups in total. The van der Waals surface area contributed by atoms with E-state index in [9.17, 15) is 0 Å². The second kappa shape index (κ2) is 18.2. The largest absolute Gasteiger partial charge is 0.394 e. The molecule has 0 aromatic rings. The smallest absolute Gasteiger partial charge is 0.0483 e. The fourth-order valence-corrected chi connectivity index (χ4v) is 0. The van der Waals surface area contributed by atoms with Crippen LogP contribution in [-0.4, -0.2) is 33.6 Å². The molecule has 3 nitrogen and oxygen atoms in total. The van der Waals surface area contributed by atoms with E-state index in [1.807, 2.05) is 0 Å². The third-order valence-electron chi connectivity index (χ3n) is 0. The third-order valence-corrected chi connectivity index (χ3v) is 0. The van der Waals surface area contributed by atoms with Crippen molar-refractivity contribution in [3.8, 4) is 0 Å². The van der Waals surface area contributed by atoms with Crippen molar-refractivity contribution in [1.29, 1.82) is 0 Å². The Labute approximate surface area is 92.1 Å². The Morgan fingerprint density at radius 1 is 0.538 bits per heavy atom. The van der Waals surface area contributed by atoms with E-state index >= 15 is 0 Å². The van der Waals surface area contributed by atoms with Crippen LogP contribution in [0, 0.1) is 0 Å². The van der Waals surface area contributed by atoms with Gasteiger partial charge in [-0.3, -0.25) is 0 Å². The van der Waals surface area contributed by atoms with Crippen LogP contribution >= 0.6 is 0 Å². The minimum absolute atomic E-state index is 0. The van der Waals surface area contributed by atoms with Gasteiger partial charge in [0.15, 0.2) is 0 Å². The molecule has 0 aliphatic heterocycles. The van der Waals surface area contributed by atoms with Crippen LogP contribution in [0.2, 0.25) is 0 Å². The molecule has 0 aromatic carbocycles. The van der Waals surface area contributed by atoms with E-state index < -0.39 is 0 Å². The quantitative estimate of drug-likeness (QED) is 0.556. The number of aliphatic hydroxyl groups excluding tert-OH is 3. The predicted molar refractivity (Wildman–Crippen MR) is 52.1 cm³/mol. The maximum absolute atomic E-state index is 8.06. The Morgan fingerprint density at radius 2 is 0.538 bits per heavy atom. The van der Waals surface area contributed by atoms with Crippen molar-refractivity contribution in [1.82, 2.24) is 0 Å². The molecule has 0 aliphatic rings. The summed E-state index contributed by atoms with van der Waals surface area (Å²) in [6, 6.07) is 0. The molecule has 0 fully saturated rings. The van der Waals surface area contributed by atoms with Gasteiger partial charge in [0.2, 0.25) is 0 Å². The summed E-state index contributed by atoms with van der Waals surface area (Å²) >= 11 is 0. The Bertz CT molecular complexity index is 43.4. The molecule has 0 bridgehead atoms. The normalized spacial score (nSPS) is 8.31. The first kappa shape index (κ1) is 23.3. The fraction of sp³-hybridized carbons (Fsp3) is 1.00. The van der Waals surface area contributed by atoms with Crippen molar-refractivity contribution in [2.24, 2.45) is 0 Å². The van der Waals surface area contributed by atoms with Gasteiger partial charge in [0.1, 0.15) is 0 Å². The first-order chi connectivity index (χ1) is 5.20. The molecule has 88 valence electrons. The van der Waals surface area contributed by atoms with Crippen LogP contribution in [0.5, 0.6) is 0 Å². The molecule has 0 unspecified atom stereocenters. The van der Waals surface area contributed by atoms with Gasteiger partial charge >= 0.3 is 0 Å². The second-order valence-corrected chi connectivity index (χ2v) is 3.28. The van der Waals surface area contributed by atoms with Gasteiger partial charge in [-0.05, 0) is 41.5 Å². The van der Waals surface area contributed by atoms with Crippen LogP contribution in [0.1, 0.15) is 41.5 Å². The molecule has 4 heteroatoms. The average Bonchev–Trinajstić information content (AvgIpc) is 1.54. The topological polar surface area (TPSA) is 60.7 Å². The fourth-order valence-electron chi connectivity index (χ4n) is 0. The standard InChI is InChI=1S/3C3H8O.Ni/c3*1-3(2)4;/h3*3-4H,1-2H3;. The Balaban J connectivity index is -0.0000000450. The molecule has 0 atom stereocenters. The van der Waals surface area contributed by atoms with Crippen LogP contribution in [0.3, 0.4) is 0 Å². The molecule has 0 spiro atoms. The number of rotatable bonds is 0. The van der Waals surface area contributed by atoms with Crippen LogP contribution < -0.4 is 0 Å². The van der Waals surface area contributed by atoms with Gasteiger partial charge in [-0.1, -0.05) is 0 Å². The van der Waals surface area contributed by atoms with E-state index in [0.717, 1.165) is 0 Å². The van der Waals surface area contributed by atoms with E-state index in [-0.39, 0.29) is 34.8 Å². The van der Waals surface area contributed by atoms with E-state index in [1.165, 1.54) is 0 Å². The van der Waals surface area contributed by atoms with Gasteiger partial charge in [0.05, 0.1) is 0 Å². The molecule has 0 saturated heterocycles. The second-order valence-electron chi connectivity index (χ2n) is 3.28. The maximum Gasteiger partial charge on any atom is 0.0483 e. The number of hydrogen-bond acceptors (Lipinski definition) is 3. The summed E-state index contributed by atoms with van der Waals surface area (Å²) in [4.78, 5) is 0. The molecule has 0 aliphatic carbocycles. The van der Waals surface area contributed by atoms with Crippen molar-refractivity contribution in [2.45, 2.75) is 59.9 Å². The van der Waals surface area contributed by atoms with Gasteiger partial charge in [-0.15, -0.1) is 0 Å². The first-order valence-electron chi connectivity index (χ1n) is 4.24. The zero-order chi connectivity index (χ0) is 10.7. The van der Waals surface area contributed by atoms with Crippen LogP contribution in [0.4, 0.5) is 0 Å². The average molecular weight is 239 g/mol. The van der Waals surface area contributed by atoms with Crippen molar-refractivity contribution in [2.75, 3.05) is 0 Å². The molecule has 13 heavy (non-hydrogen) atoms. The summed E-state index contributed by atoms with van der Waals surface area (Å²) in [6.07, 6.45) is -0.500. The Hall–Kier alpha value is 0.374. The zero-order valence-corrected chi connectivity index (χ0v) is 10.4. The van der Waals surface area contributed by atoms with E-state index in [2.05, 4.69) is 0 Å². The maximum atomic E-state index is 8.06. The van der Waals surface area contributed by atoms with Gasteiger partial charge in [-0.2, -0.15) is 0 Å². The SMILES string of the molecule is CC(C)O.CC(C)O.CC(C)O.[Ni]. The summed E-state index contributed by atoms with van der Waals surface area (Å²) in [7, 11) is 0. The molecular formula is C9H24NiO3. The van der Waals surface area contributed by atoms with Gasteiger partial charge in [0, 0.05) is 34.8 Å². The molecular weight excluding hydrogens is 215 g/mol. The summed E-state index contributed by atoms with van der Waals surface area (Å²) < 4.78 is 0. The summed E-state index contributed by atoms with van der Waals surface area (Å²) in [6.45, 7) is 10.3. The third kappa shape index (κ3) is 9540. The van der Waals surface area contributed by atoms with E-state index in [1.54, 1.807) is 41.5 Å². The Morgan fingerprint density at radius 3 is 0.538 bits per heavy atom. The van der Waals surface area contributed by atoms with Crippen LogP contribution in [0.25, 0.3) is 0 Å². The number of aliphatic hydroxyl groups is 3. The zero-order valence-electron chi connectivity index (χ0n) is 9.39.